The summed E-state index contributed by atoms with van der Waals surface area (Å²) >= 11 is 1.33. The molecule has 0 aliphatic carbocycles. The molecule has 0 radical (unpaired) electrons. The van der Waals surface area contributed by atoms with Gasteiger partial charge < -0.3 is 15.4 Å². The number of carbonyl (C=O) groups excluding carboxylic acids is 2. The number of carbonyl (C=O) groups is 2. The summed E-state index contributed by atoms with van der Waals surface area (Å²) < 4.78 is 5.21. The summed E-state index contributed by atoms with van der Waals surface area (Å²) in [6.45, 7) is 5.40. The van der Waals surface area contributed by atoms with Gasteiger partial charge in [0.1, 0.15) is 6.61 Å². The van der Waals surface area contributed by atoms with Gasteiger partial charge in [-0.15, -0.1) is 0 Å². The van der Waals surface area contributed by atoms with E-state index < -0.39 is 0 Å². The molecule has 2 N–H and O–H groups in total. The first kappa shape index (κ1) is 27.0. The summed E-state index contributed by atoms with van der Waals surface area (Å²) in [6.07, 6.45) is 15.8. The molecule has 0 unspecified atom stereocenters. The molecule has 0 aromatic carbocycles. The minimum Gasteiger partial charge on any atom is -0.461 e. The SMILES string of the molecule is CCCCCC/C=C\COC(=O)CCCCCCCNC(=O)SC[C@H](C)NC. The Morgan fingerprint density at radius 2 is 1.71 bits per heavy atom. The Bertz CT molecular complexity index is 417. The van der Waals surface area contributed by atoms with Crippen LogP contribution in [0, 0.1) is 0 Å². The molecule has 0 fully saturated rings. The standard InChI is InChI=1S/C22H42N2O3S/c1-4-5-6-7-8-12-15-18-27-21(25)16-13-10-9-11-14-17-24-22(26)28-19-20(2)23-3/h12,15,20,23H,4-11,13-14,16-19H2,1-3H3,(H,24,26)/b15-12-/t20-/m0/s1. The molecule has 0 saturated heterocycles. The van der Waals surface area contributed by atoms with Crippen LogP contribution in [0.5, 0.6) is 0 Å². The summed E-state index contributed by atoms with van der Waals surface area (Å²) in [4.78, 5) is 23.3. The number of hydrogen-bond donors (Lipinski definition) is 2. The molecule has 0 aliphatic heterocycles. The van der Waals surface area contributed by atoms with E-state index in [9.17, 15) is 9.59 Å². The van der Waals surface area contributed by atoms with E-state index in [2.05, 4.69) is 30.6 Å². The molecule has 0 aromatic rings. The van der Waals surface area contributed by atoms with Gasteiger partial charge in [-0.25, -0.2) is 0 Å². The minimum atomic E-state index is -0.101. The van der Waals surface area contributed by atoms with Crippen molar-refractivity contribution in [2.75, 3.05) is 26.0 Å². The van der Waals surface area contributed by atoms with Gasteiger partial charge in [-0.05, 0) is 39.7 Å². The number of hydrogen-bond acceptors (Lipinski definition) is 5. The van der Waals surface area contributed by atoms with Crippen LogP contribution in [-0.2, 0) is 9.53 Å². The maximum atomic E-state index is 11.6. The average molecular weight is 415 g/mol. The number of nitrogens with one attached hydrogen (secondary N) is 2. The molecule has 164 valence electrons. The predicted octanol–water partition coefficient (Wildman–Crippen LogP) is 5.45. The van der Waals surface area contributed by atoms with Crippen molar-refractivity contribution in [2.45, 2.75) is 90.5 Å². The Kier molecular flexibility index (Phi) is 20.0. The van der Waals surface area contributed by atoms with Crippen LogP contribution in [-0.4, -0.2) is 43.2 Å². The van der Waals surface area contributed by atoms with Crippen molar-refractivity contribution in [3.63, 3.8) is 0 Å². The van der Waals surface area contributed by atoms with E-state index in [0.29, 0.717) is 19.1 Å². The number of esters is 1. The maximum absolute atomic E-state index is 11.6. The molecule has 1 amide bonds. The predicted molar refractivity (Wildman–Crippen MR) is 121 cm³/mol. The average Bonchev–Trinajstić information content (AvgIpc) is 2.70. The highest BCUT2D eigenvalue weighted by Gasteiger charge is 2.05. The van der Waals surface area contributed by atoms with Gasteiger partial charge in [0.05, 0.1) is 0 Å². The second-order valence-electron chi connectivity index (χ2n) is 7.24. The first-order valence-electron chi connectivity index (χ1n) is 11.0. The zero-order valence-corrected chi connectivity index (χ0v) is 19.1. The normalized spacial score (nSPS) is 12.2. The number of allylic oxidation sites excluding steroid dienone is 1. The molecule has 0 bridgehead atoms. The van der Waals surface area contributed by atoms with Crippen molar-refractivity contribution >= 4 is 23.0 Å². The van der Waals surface area contributed by atoms with Crippen LogP contribution in [0.25, 0.3) is 0 Å². The molecule has 0 rings (SSSR count). The van der Waals surface area contributed by atoms with Crippen LogP contribution in [0.4, 0.5) is 4.79 Å². The van der Waals surface area contributed by atoms with E-state index in [1.807, 2.05) is 13.1 Å². The summed E-state index contributed by atoms with van der Waals surface area (Å²) in [5.41, 5.74) is 0. The molecular weight excluding hydrogens is 372 g/mol. The fraction of sp³-hybridized carbons (Fsp3) is 0.818. The first-order chi connectivity index (χ1) is 13.6. The van der Waals surface area contributed by atoms with Gasteiger partial charge in [0, 0.05) is 24.8 Å². The van der Waals surface area contributed by atoms with Gasteiger partial charge in [0.15, 0.2) is 0 Å². The van der Waals surface area contributed by atoms with E-state index in [-0.39, 0.29) is 11.2 Å². The molecule has 1 atom stereocenters. The molecule has 0 spiro atoms. The number of rotatable bonds is 18. The summed E-state index contributed by atoms with van der Waals surface area (Å²) in [7, 11) is 1.90. The van der Waals surface area contributed by atoms with Crippen molar-refractivity contribution < 1.29 is 14.3 Å². The van der Waals surface area contributed by atoms with E-state index in [0.717, 1.165) is 50.8 Å². The molecule has 0 aliphatic rings. The topological polar surface area (TPSA) is 67.4 Å². The highest BCUT2D eigenvalue weighted by Crippen LogP contribution is 2.07. The molecule has 0 saturated carbocycles. The number of thioether (sulfide) groups is 1. The van der Waals surface area contributed by atoms with Crippen LogP contribution in [0.3, 0.4) is 0 Å². The lowest BCUT2D eigenvalue weighted by Gasteiger charge is -2.09. The van der Waals surface area contributed by atoms with E-state index in [4.69, 9.17) is 4.74 Å². The third-order valence-electron chi connectivity index (χ3n) is 4.52. The maximum Gasteiger partial charge on any atom is 0.306 e. The van der Waals surface area contributed by atoms with Gasteiger partial charge in [0.2, 0.25) is 0 Å². The largest absolute Gasteiger partial charge is 0.461 e. The molecule has 0 aromatic heterocycles. The molecule has 0 heterocycles. The Hall–Kier alpha value is -1.01. The van der Waals surface area contributed by atoms with Crippen molar-refractivity contribution in [3.8, 4) is 0 Å². The lowest BCUT2D eigenvalue weighted by Crippen LogP contribution is -2.27. The second-order valence-corrected chi connectivity index (χ2v) is 8.23. The van der Waals surface area contributed by atoms with E-state index in [1.54, 1.807) is 0 Å². The van der Waals surface area contributed by atoms with Gasteiger partial charge in [-0.1, -0.05) is 69.4 Å². The van der Waals surface area contributed by atoms with Gasteiger partial charge in [0.25, 0.3) is 5.24 Å². The van der Waals surface area contributed by atoms with Crippen molar-refractivity contribution in [1.82, 2.24) is 10.6 Å². The van der Waals surface area contributed by atoms with Crippen molar-refractivity contribution in [2.24, 2.45) is 0 Å². The molecular formula is C22H42N2O3S. The quantitative estimate of drug-likeness (QED) is 0.177. The third-order valence-corrected chi connectivity index (χ3v) is 5.59. The van der Waals surface area contributed by atoms with Crippen LogP contribution in [0.15, 0.2) is 12.2 Å². The van der Waals surface area contributed by atoms with Crippen molar-refractivity contribution in [1.29, 1.82) is 0 Å². The molecule has 6 heteroatoms. The lowest BCUT2D eigenvalue weighted by atomic mass is 10.1. The zero-order chi connectivity index (χ0) is 20.9. The van der Waals surface area contributed by atoms with Crippen LogP contribution < -0.4 is 10.6 Å². The Balaban J connectivity index is 3.36. The smallest absolute Gasteiger partial charge is 0.306 e. The lowest BCUT2D eigenvalue weighted by molar-refractivity contribution is -0.142. The van der Waals surface area contributed by atoms with Crippen molar-refractivity contribution in [3.05, 3.63) is 12.2 Å². The monoisotopic (exact) mass is 414 g/mol. The highest BCUT2D eigenvalue weighted by molar-refractivity contribution is 8.13. The summed E-state index contributed by atoms with van der Waals surface area (Å²) in [5, 5.41) is 6.10. The fourth-order valence-electron chi connectivity index (χ4n) is 2.54. The van der Waals surface area contributed by atoms with E-state index in [1.165, 1.54) is 37.4 Å². The second kappa shape index (κ2) is 20.7. The summed E-state index contributed by atoms with van der Waals surface area (Å²) in [5.74, 6) is 0.684. The van der Waals surface area contributed by atoms with Crippen LogP contribution >= 0.6 is 11.8 Å². The highest BCUT2D eigenvalue weighted by atomic mass is 32.2. The molecule has 5 nitrogen and oxygen atoms in total. The Morgan fingerprint density at radius 3 is 2.46 bits per heavy atom. The van der Waals surface area contributed by atoms with Gasteiger partial charge >= 0.3 is 5.97 Å². The Labute approximate surface area is 176 Å². The van der Waals surface area contributed by atoms with Gasteiger partial charge in [-0.3, -0.25) is 9.59 Å². The van der Waals surface area contributed by atoms with E-state index >= 15 is 0 Å². The number of ether oxygens (including phenoxy) is 1. The Morgan fingerprint density at radius 1 is 1.00 bits per heavy atom. The molecule has 28 heavy (non-hydrogen) atoms. The third kappa shape index (κ3) is 19.7. The van der Waals surface area contributed by atoms with Crippen LogP contribution in [0.2, 0.25) is 0 Å². The van der Waals surface area contributed by atoms with Crippen LogP contribution in [0.1, 0.15) is 84.5 Å². The first-order valence-corrected chi connectivity index (χ1v) is 12.0. The number of amides is 1. The zero-order valence-electron chi connectivity index (χ0n) is 18.3. The number of unbranched alkanes of at least 4 members (excludes halogenated alkanes) is 8. The minimum absolute atomic E-state index is 0.0554. The summed E-state index contributed by atoms with van der Waals surface area (Å²) in [6, 6.07) is 0.342. The van der Waals surface area contributed by atoms with Gasteiger partial charge in [-0.2, -0.15) is 0 Å². The fourth-order valence-corrected chi connectivity index (χ4v) is 3.31.